The molecule has 8 nitrogen and oxygen atoms in total. The van der Waals surface area contributed by atoms with Crippen molar-refractivity contribution in [3.8, 4) is 5.75 Å². The molecule has 0 unspecified atom stereocenters. The van der Waals surface area contributed by atoms with Crippen molar-refractivity contribution in [2.45, 2.75) is 13.5 Å². The number of carbonyl (C=O) groups is 2. The third-order valence-electron chi connectivity index (χ3n) is 2.90. The summed E-state index contributed by atoms with van der Waals surface area (Å²) in [6.07, 6.45) is 0. The number of nitrogens with one attached hydrogen (secondary N) is 2. The van der Waals surface area contributed by atoms with Crippen LogP contribution in [0, 0.1) is 0 Å². The maximum absolute atomic E-state index is 11.9. The summed E-state index contributed by atoms with van der Waals surface area (Å²) in [7, 11) is 1.56. The molecular weight excluding hydrogens is 376 g/mol. The molecule has 2 rings (SSSR count). The molecule has 1 aromatic heterocycles. The normalized spacial score (nSPS) is 10.4. The van der Waals surface area contributed by atoms with E-state index in [1.807, 2.05) is 6.92 Å². The van der Waals surface area contributed by atoms with Crippen LogP contribution in [0.3, 0.4) is 0 Å². The van der Waals surface area contributed by atoms with Gasteiger partial charge in [0.2, 0.25) is 16.9 Å². The van der Waals surface area contributed by atoms with E-state index in [1.165, 1.54) is 23.1 Å². The average Bonchev–Trinajstić information content (AvgIpc) is 3.04. The summed E-state index contributed by atoms with van der Waals surface area (Å²) in [5.41, 5.74) is 0.683. The van der Waals surface area contributed by atoms with Crippen molar-refractivity contribution in [2.75, 3.05) is 35.9 Å². The number of ether oxygens (including phenoxy) is 2. The molecule has 2 N–H and O–H groups in total. The number of amides is 2. The molecule has 2 amide bonds. The lowest BCUT2D eigenvalue weighted by Gasteiger charge is -2.07. The highest BCUT2D eigenvalue weighted by molar-refractivity contribution is 8.00. The summed E-state index contributed by atoms with van der Waals surface area (Å²) in [6, 6.07) is 7.12. The molecule has 0 aliphatic carbocycles. The highest BCUT2D eigenvalue weighted by atomic mass is 32.2. The van der Waals surface area contributed by atoms with E-state index in [0.29, 0.717) is 29.0 Å². The Bertz CT molecular complexity index is 721. The molecule has 0 spiro atoms. The van der Waals surface area contributed by atoms with Crippen LogP contribution in [0.5, 0.6) is 5.75 Å². The van der Waals surface area contributed by atoms with Gasteiger partial charge >= 0.3 is 0 Å². The topological polar surface area (TPSA) is 102 Å². The standard InChI is InChI=1S/C16H20N4O4S2/c1-3-24-12-6-4-11(5-7-12)17-13(21)9-25-10-14(22)18-16-20-19-15(26-16)8-23-2/h4-7H,3,8-10H2,1-2H3,(H,17,21)(H,18,20,22). The van der Waals surface area contributed by atoms with E-state index >= 15 is 0 Å². The quantitative estimate of drug-likeness (QED) is 0.636. The number of nitrogens with zero attached hydrogens (tertiary/aromatic N) is 2. The fourth-order valence-electron chi connectivity index (χ4n) is 1.88. The Kier molecular flexibility index (Phi) is 8.32. The maximum Gasteiger partial charge on any atom is 0.236 e. The van der Waals surface area contributed by atoms with Crippen molar-refractivity contribution in [1.29, 1.82) is 0 Å². The Hall–Kier alpha value is -2.17. The van der Waals surface area contributed by atoms with Gasteiger partial charge in [0.1, 0.15) is 17.4 Å². The molecule has 0 fully saturated rings. The zero-order chi connectivity index (χ0) is 18.8. The summed E-state index contributed by atoms with van der Waals surface area (Å²) in [4.78, 5) is 23.8. The number of benzene rings is 1. The monoisotopic (exact) mass is 396 g/mol. The number of carbonyl (C=O) groups excluding carboxylic acids is 2. The molecule has 0 saturated carbocycles. The van der Waals surface area contributed by atoms with Gasteiger partial charge in [-0.25, -0.2) is 0 Å². The highest BCUT2D eigenvalue weighted by Crippen LogP contribution is 2.17. The number of hydrogen-bond acceptors (Lipinski definition) is 8. The number of anilines is 2. The minimum Gasteiger partial charge on any atom is -0.494 e. The largest absolute Gasteiger partial charge is 0.494 e. The summed E-state index contributed by atoms with van der Waals surface area (Å²) >= 11 is 2.47. The highest BCUT2D eigenvalue weighted by Gasteiger charge is 2.10. The Balaban J connectivity index is 1.67. The molecule has 10 heteroatoms. The van der Waals surface area contributed by atoms with Gasteiger partial charge in [0.05, 0.1) is 18.1 Å². The minimum absolute atomic E-state index is 0.149. The van der Waals surface area contributed by atoms with Gasteiger partial charge in [-0.1, -0.05) is 11.3 Å². The molecular formula is C16H20N4O4S2. The van der Waals surface area contributed by atoms with E-state index in [-0.39, 0.29) is 23.3 Å². The second kappa shape index (κ2) is 10.7. The Morgan fingerprint density at radius 3 is 2.46 bits per heavy atom. The molecule has 0 aliphatic rings. The fourth-order valence-corrected chi connectivity index (χ4v) is 3.22. The average molecular weight is 396 g/mol. The van der Waals surface area contributed by atoms with Crippen LogP contribution < -0.4 is 15.4 Å². The smallest absolute Gasteiger partial charge is 0.236 e. The summed E-state index contributed by atoms with van der Waals surface area (Å²) in [6.45, 7) is 2.86. The van der Waals surface area contributed by atoms with E-state index in [0.717, 1.165) is 5.75 Å². The summed E-state index contributed by atoms with van der Waals surface area (Å²) < 4.78 is 10.3. The number of methoxy groups -OCH3 is 1. The van der Waals surface area contributed by atoms with Gasteiger partial charge in [0, 0.05) is 12.8 Å². The SMILES string of the molecule is CCOc1ccc(NC(=O)CSCC(=O)Nc2nnc(COC)s2)cc1. The predicted octanol–water partition coefficient (Wildman–Crippen LogP) is 2.39. The lowest BCUT2D eigenvalue weighted by atomic mass is 10.3. The van der Waals surface area contributed by atoms with Gasteiger partial charge < -0.3 is 14.8 Å². The summed E-state index contributed by atoms with van der Waals surface area (Å²) in [5, 5.41) is 14.3. The lowest BCUT2D eigenvalue weighted by Crippen LogP contribution is -2.18. The van der Waals surface area contributed by atoms with Crippen molar-refractivity contribution < 1.29 is 19.1 Å². The number of rotatable bonds is 10. The fraction of sp³-hybridized carbons (Fsp3) is 0.375. The van der Waals surface area contributed by atoms with Crippen LogP contribution in [0.25, 0.3) is 0 Å². The Labute approximate surface area is 159 Å². The molecule has 26 heavy (non-hydrogen) atoms. The van der Waals surface area contributed by atoms with Crippen molar-refractivity contribution >= 4 is 45.7 Å². The molecule has 0 aliphatic heterocycles. The molecule has 0 atom stereocenters. The zero-order valence-corrected chi connectivity index (χ0v) is 16.1. The molecule has 1 aromatic carbocycles. The first-order valence-electron chi connectivity index (χ1n) is 7.82. The van der Waals surface area contributed by atoms with Crippen molar-refractivity contribution in [3.05, 3.63) is 29.3 Å². The number of aromatic nitrogens is 2. The minimum atomic E-state index is -0.232. The van der Waals surface area contributed by atoms with Crippen molar-refractivity contribution in [1.82, 2.24) is 10.2 Å². The second-order valence-corrected chi connectivity index (χ2v) is 7.03. The third kappa shape index (κ3) is 6.98. The predicted molar refractivity (Wildman–Crippen MR) is 103 cm³/mol. The maximum atomic E-state index is 11.9. The Morgan fingerprint density at radius 2 is 1.81 bits per heavy atom. The van der Waals surface area contributed by atoms with Crippen LogP contribution in [-0.2, 0) is 20.9 Å². The van der Waals surface area contributed by atoms with Gasteiger partial charge in [-0.05, 0) is 31.2 Å². The number of hydrogen-bond donors (Lipinski definition) is 2. The van der Waals surface area contributed by atoms with Crippen LogP contribution >= 0.6 is 23.1 Å². The first kappa shape index (κ1) is 20.1. The van der Waals surface area contributed by atoms with E-state index in [4.69, 9.17) is 9.47 Å². The van der Waals surface area contributed by atoms with Gasteiger partial charge in [0.15, 0.2) is 0 Å². The summed E-state index contributed by atoms with van der Waals surface area (Å²) in [5.74, 6) is 0.665. The van der Waals surface area contributed by atoms with E-state index in [2.05, 4.69) is 20.8 Å². The van der Waals surface area contributed by atoms with Gasteiger partial charge in [-0.15, -0.1) is 22.0 Å². The molecule has 0 radical (unpaired) electrons. The Morgan fingerprint density at radius 1 is 1.12 bits per heavy atom. The van der Waals surface area contributed by atoms with E-state index in [1.54, 1.807) is 31.4 Å². The van der Waals surface area contributed by atoms with Crippen molar-refractivity contribution in [3.63, 3.8) is 0 Å². The van der Waals surface area contributed by atoms with Crippen LogP contribution in [0.1, 0.15) is 11.9 Å². The molecule has 2 aromatic rings. The molecule has 1 heterocycles. The van der Waals surface area contributed by atoms with Gasteiger partial charge in [-0.3, -0.25) is 14.9 Å². The van der Waals surface area contributed by atoms with Gasteiger partial charge in [-0.2, -0.15) is 0 Å². The first-order chi connectivity index (χ1) is 12.6. The molecule has 0 saturated heterocycles. The first-order valence-corrected chi connectivity index (χ1v) is 9.79. The third-order valence-corrected chi connectivity index (χ3v) is 4.64. The van der Waals surface area contributed by atoms with Crippen LogP contribution in [0.2, 0.25) is 0 Å². The van der Waals surface area contributed by atoms with Gasteiger partial charge in [0.25, 0.3) is 0 Å². The van der Waals surface area contributed by atoms with Crippen LogP contribution in [-0.4, -0.2) is 47.2 Å². The molecule has 140 valence electrons. The molecule has 0 bridgehead atoms. The van der Waals surface area contributed by atoms with E-state index in [9.17, 15) is 9.59 Å². The van der Waals surface area contributed by atoms with Crippen LogP contribution in [0.4, 0.5) is 10.8 Å². The number of thioether (sulfide) groups is 1. The zero-order valence-electron chi connectivity index (χ0n) is 14.5. The lowest BCUT2D eigenvalue weighted by molar-refractivity contribution is -0.114. The second-order valence-electron chi connectivity index (χ2n) is 4.98. The van der Waals surface area contributed by atoms with Crippen molar-refractivity contribution in [2.24, 2.45) is 0 Å². The van der Waals surface area contributed by atoms with Crippen LogP contribution in [0.15, 0.2) is 24.3 Å². The van der Waals surface area contributed by atoms with E-state index < -0.39 is 0 Å².